The van der Waals surface area contributed by atoms with E-state index >= 15 is 0 Å². The Morgan fingerprint density at radius 1 is 1.19 bits per heavy atom. The van der Waals surface area contributed by atoms with Crippen molar-refractivity contribution < 1.29 is 9.21 Å². The molecule has 138 valence electrons. The van der Waals surface area contributed by atoms with E-state index in [-0.39, 0.29) is 5.91 Å². The van der Waals surface area contributed by atoms with Gasteiger partial charge in [-0.15, -0.1) is 0 Å². The lowest BCUT2D eigenvalue weighted by molar-refractivity contribution is 0.0523. The second-order valence-corrected chi connectivity index (χ2v) is 7.37. The monoisotopic (exact) mass is 353 g/mol. The van der Waals surface area contributed by atoms with Crippen molar-refractivity contribution in [1.29, 1.82) is 0 Å². The van der Waals surface area contributed by atoms with Gasteiger partial charge in [-0.1, -0.05) is 31.2 Å². The Morgan fingerprint density at radius 2 is 1.92 bits per heavy atom. The van der Waals surface area contributed by atoms with Crippen LogP contribution >= 0.6 is 0 Å². The first kappa shape index (κ1) is 17.3. The molecular weight excluding hydrogens is 326 g/mol. The lowest BCUT2D eigenvalue weighted by atomic mass is 9.87. The molecule has 1 amide bonds. The summed E-state index contributed by atoms with van der Waals surface area (Å²) < 4.78 is 5.64. The van der Waals surface area contributed by atoms with Gasteiger partial charge in [0.1, 0.15) is 0 Å². The minimum absolute atomic E-state index is 0.0108. The number of nitrogens with zero attached hydrogens (tertiary/aromatic N) is 3. The SMILES string of the molecule is CCc1nc(C)c(C(=O)N2CCN([C@H]3CCc4ccccc4C3)CC2)o1. The minimum atomic E-state index is -0.0108. The highest BCUT2D eigenvalue weighted by Gasteiger charge is 2.30. The van der Waals surface area contributed by atoms with E-state index in [0.29, 0.717) is 29.8 Å². The minimum Gasteiger partial charge on any atom is -0.435 e. The molecule has 26 heavy (non-hydrogen) atoms. The van der Waals surface area contributed by atoms with Gasteiger partial charge in [-0.2, -0.15) is 0 Å². The molecule has 1 aromatic heterocycles. The van der Waals surface area contributed by atoms with Gasteiger partial charge in [0.2, 0.25) is 5.76 Å². The van der Waals surface area contributed by atoms with Gasteiger partial charge >= 0.3 is 0 Å². The normalized spacial score (nSPS) is 20.8. The largest absolute Gasteiger partial charge is 0.435 e. The topological polar surface area (TPSA) is 49.6 Å². The van der Waals surface area contributed by atoms with E-state index in [1.54, 1.807) is 0 Å². The fourth-order valence-corrected chi connectivity index (χ4v) is 4.23. The van der Waals surface area contributed by atoms with E-state index in [9.17, 15) is 4.79 Å². The number of hydrogen-bond acceptors (Lipinski definition) is 4. The van der Waals surface area contributed by atoms with Crippen LogP contribution in [0.3, 0.4) is 0 Å². The molecule has 1 atom stereocenters. The van der Waals surface area contributed by atoms with Crippen LogP contribution in [0.4, 0.5) is 0 Å². The quantitative estimate of drug-likeness (QED) is 0.851. The summed E-state index contributed by atoms with van der Waals surface area (Å²) in [6.07, 6.45) is 4.22. The van der Waals surface area contributed by atoms with Gasteiger partial charge in [0.15, 0.2) is 5.89 Å². The summed E-state index contributed by atoms with van der Waals surface area (Å²) in [6, 6.07) is 9.40. The summed E-state index contributed by atoms with van der Waals surface area (Å²) in [7, 11) is 0. The summed E-state index contributed by atoms with van der Waals surface area (Å²) in [6.45, 7) is 7.24. The Labute approximate surface area is 155 Å². The summed E-state index contributed by atoms with van der Waals surface area (Å²) in [5.74, 6) is 1.05. The predicted octanol–water partition coefficient (Wildman–Crippen LogP) is 2.86. The average molecular weight is 353 g/mol. The number of rotatable bonds is 3. The second-order valence-electron chi connectivity index (χ2n) is 7.37. The molecule has 2 aliphatic rings. The highest BCUT2D eigenvalue weighted by atomic mass is 16.4. The summed E-state index contributed by atoms with van der Waals surface area (Å²) in [4.78, 5) is 21.6. The Balaban J connectivity index is 1.37. The number of fused-ring (bicyclic) bond motifs is 1. The fourth-order valence-electron chi connectivity index (χ4n) is 4.23. The molecule has 0 saturated carbocycles. The highest BCUT2D eigenvalue weighted by molar-refractivity contribution is 5.92. The first-order chi connectivity index (χ1) is 12.7. The number of oxazole rings is 1. The number of carbonyl (C=O) groups is 1. The number of piperazine rings is 1. The van der Waals surface area contributed by atoms with Gasteiger partial charge < -0.3 is 9.32 Å². The van der Waals surface area contributed by atoms with Crippen LogP contribution in [0, 0.1) is 6.92 Å². The molecule has 0 bridgehead atoms. The molecule has 0 spiro atoms. The molecule has 1 aliphatic carbocycles. The summed E-state index contributed by atoms with van der Waals surface area (Å²) in [5, 5.41) is 0. The van der Waals surface area contributed by atoms with Crippen LogP contribution in [-0.4, -0.2) is 52.9 Å². The van der Waals surface area contributed by atoms with Crippen molar-refractivity contribution in [2.24, 2.45) is 0 Å². The van der Waals surface area contributed by atoms with E-state index in [1.807, 2.05) is 18.7 Å². The molecule has 2 aromatic rings. The van der Waals surface area contributed by atoms with Crippen molar-refractivity contribution in [3.63, 3.8) is 0 Å². The molecule has 1 aliphatic heterocycles. The third kappa shape index (κ3) is 3.28. The van der Waals surface area contributed by atoms with Crippen LogP contribution in [0.1, 0.15) is 46.6 Å². The maximum atomic E-state index is 12.8. The molecule has 2 heterocycles. The van der Waals surface area contributed by atoms with E-state index in [4.69, 9.17) is 4.42 Å². The average Bonchev–Trinajstić information content (AvgIpc) is 3.08. The lowest BCUT2D eigenvalue weighted by Gasteiger charge is -2.41. The molecule has 5 nitrogen and oxygen atoms in total. The fraction of sp³-hybridized carbons (Fsp3) is 0.524. The van der Waals surface area contributed by atoms with Crippen LogP contribution in [0.15, 0.2) is 28.7 Å². The number of benzene rings is 1. The van der Waals surface area contributed by atoms with Crippen molar-refractivity contribution in [2.75, 3.05) is 26.2 Å². The van der Waals surface area contributed by atoms with Gasteiger partial charge in [0, 0.05) is 38.6 Å². The third-order valence-corrected chi connectivity index (χ3v) is 5.78. The van der Waals surface area contributed by atoms with Gasteiger partial charge in [-0.25, -0.2) is 4.98 Å². The van der Waals surface area contributed by atoms with Crippen molar-refractivity contribution in [1.82, 2.24) is 14.8 Å². The first-order valence-electron chi connectivity index (χ1n) is 9.72. The number of amides is 1. The van der Waals surface area contributed by atoms with Crippen LogP contribution in [0.2, 0.25) is 0 Å². The zero-order valence-corrected chi connectivity index (χ0v) is 15.7. The molecule has 0 radical (unpaired) electrons. The van der Waals surface area contributed by atoms with E-state index in [2.05, 4.69) is 34.1 Å². The standard InChI is InChI=1S/C21H27N3O2/c1-3-19-22-15(2)20(26-19)21(25)24-12-10-23(11-13-24)18-9-8-16-6-4-5-7-17(16)14-18/h4-7,18H,3,8-14H2,1-2H3/t18-/m0/s1. The van der Waals surface area contributed by atoms with Crippen LogP contribution < -0.4 is 0 Å². The Morgan fingerprint density at radius 3 is 2.62 bits per heavy atom. The predicted molar refractivity (Wildman–Crippen MR) is 100 cm³/mol. The van der Waals surface area contributed by atoms with Gasteiger partial charge in [-0.3, -0.25) is 9.69 Å². The summed E-state index contributed by atoms with van der Waals surface area (Å²) in [5.41, 5.74) is 3.70. The zero-order valence-electron chi connectivity index (χ0n) is 15.7. The number of carbonyl (C=O) groups excluding carboxylic acids is 1. The highest BCUT2D eigenvalue weighted by Crippen LogP contribution is 2.25. The smallest absolute Gasteiger partial charge is 0.291 e. The van der Waals surface area contributed by atoms with Crippen molar-refractivity contribution in [3.8, 4) is 0 Å². The number of aromatic nitrogens is 1. The Hall–Kier alpha value is -2.14. The molecular formula is C21H27N3O2. The molecule has 1 saturated heterocycles. The Bertz CT molecular complexity index is 790. The number of hydrogen-bond donors (Lipinski definition) is 0. The van der Waals surface area contributed by atoms with Crippen LogP contribution in [0.25, 0.3) is 0 Å². The van der Waals surface area contributed by atoms with E-state index in [1.165, 1.54) is 17.5 Å². The second kappa shape index (κ2) is 7.23. The summed E-state index contributed by atoms with van der Waals surface area (Å²) >= 11 is 0. The zero-order chi connectivity index (χ0) is 18.1. The van der Waals surface area contributed by atoms with Crippen LogP contribution in [0.5, 0.6) is 0 Å². The van der Waals surface area contributed by atoms with Crippen molar-refractivity contribution in [3.05, 3.63) is 52.7 Å². The molecule has 4 rings (SSSR count). The van der Waals surface area contributed by atoms with Gasteiger partial charge in [0.25, 0.3) is 5.91 Å². The van der Waals surface area contributed by atoms with Gasteiger partial charge in [0.05, 0.1) is 5.69 Å². The molecule has 1 aromatic carbocycles. The molecule has 5 heteroatoms. The molecule has 1 fully saturated rings. The lowest BCUT2D eigenvalue weighted by Crippen LogP contribution is -2.53. The first-order valence-corrected chi connectivity index (χ1v) is 9.72. The van der Waals surface area contributed by atoms with Crippen LogP contribution in [-0.2, 0) is 19.3 Å². The van der Waals surface area contributed by atoms with E-state index in [0.717, 1.165) is 39.0 Å². The molecule has 0 unspecified atom stereocenters. The van der Waals surface area contributed by atoms with Crippen molar-refractivity contribution >= 4 is 5.91 Å². The van der Waals surface area contributed by atoms with E-state index < -0.39 is 0 Å². The van der Waals surface area contributed by atoms with Gasteiger partial charge in [-0.05, 0) is 37.3 Å². The van der Waals surface area contributed by atoms with Crippen molar-refractivity contribution in [2.45, 2.75) is 45.6 Å². The maximum absolute atomic E-state index is 12.8. The molecule has 0 N–H and O–H groups in total. The number of aryl methyl sites for hydroxylation is 3. The third-order valence-electron chi connectivity index (χ3n) is 5.78. The maximum Gasteiger partial charge on any atom is 0.291 e. The Kier molecular flexibility index (Phi) is 4.81.